The number of rotatable bonds is 3. The summed E-state index contributed by atoms with van der Waals surface area (Å²) in [4.78, 5) is 10.0. The number of nitro benzene ring substituents is 1. The first-order chi connectivity index (χ1) is 6.97. The number of aliphatic hydroxyl groups is 1. The molecule has 15 heavy (non-hydrogen) atoms. The maximum absolute atomic E-state index is 10.6. The van der Waals surface area contributed by atoms with Crippen molar-refractivity contribution < 1.29 is 10.0 Å². The van der Waals surface area contributed by atoms with Gasteiger partial charge in [-0.25, -0.2) is 0 Å². The third-order valence-electron chi connectivity index (χ3n) is 2.15. The molecule has 1 aromatic carbocycles. The monoisotopic (exact) mass is 211 g/mol. The third kappa shape index (κ3) is 2.16. The van der Waals surface area contributed by atoms with E-state index >= 15 is 0 Å². The molecule has 1 aromatic rings. The second kappa shape index (κ2) is 4.14. The average molecular weight is 211 g/mol. The lowest BCUT2D eigenvalue weighted by molar-refractivity contribution is -0.383. The van der Waals surface area contributed by atoms with E-state index in [4.69, 9.17) is 11.5 Å². The fraction of sp³-hybridized carbons (Fsp3) is 0.333. The average Bonchev–Trinajstić information content (AvgIpc) is 2.19. The Bertz CT molecular complexity index is 392. The minimum atomic E-state index is -0.827. The molecule has 1 unspecified atom stereocenters. The van der Waals surface area contributed by atoms with Gasteiger partial charge in [-0.3, -0.25) is 10.1 Å². The van der Waals surface area contributed by atoms with Crippen LogP contribution in [-0.2, 0) is 0 Å². The van der Waals surface area contributed by atoms with Crippen LogP contribution < -0.4 is 11.5 Å². The second-order valence-electron chi connectivity index (χ2n) is 3.22. The fourth-order valence-corrected chi connectivity index (χ4v) is 1.33. The Kier molecular flexibility index (Phi) is 3.11. The molecule has 0 aliphatic rings. The summed E-state index contributed by atoms with van der Waals surface area (Å²) in [6, 6.07) is 2.64. The summed E-state index contributed by atoms with van der Waals surface area (Å²) >= 11 is 0. The van der Waals surface area contributed by atoms with E-state index in [9.17, 15) is 15.2 Å². The van der Waals surface area contributed by atoms with Gasteiger partial charge in [0.05, 0.1) is 11.0 Å². The number of aliphatic hydroxyl groups excluding tert-OH is 1. The van der Waals surface area contributed by atoms with Crippen molar-refractivity contribution in [2.45, 2.75) is 19.4 Å². The zero-order chi connectivity index (χ0) is 11.6. The molecule has 0 saturated heterocycles. The Hall–Kier alpha value is -1.82. The largest absolute Gasteiger partial charge is 0.399 e. The summed E-state index contributed by atoms with van der Waals surface area (Å²) in [5, 5.41) is 20.2. The maximum Gasteiger partial charge on any atom is 0.294 e. The van der Waals surface area contributed by atoms with Crippen LogP contribution in [-0.4, -0.2) is 10.0 Å². The Morgan fingerprint density at radius 2 is 2.13 bits per heavy atom. The lowest BCUT2D eigenvalue weighted by atomic mass is 10.0. The first kappa shape index (κ1) is 11.3. The molecule has 1 atom stereocenters. The van der Waals surface area contributed by atoms with E-state index in [1.807, 2.05) is 0 Å². The van der Waals surface area contributed by atoms with Crippen molar-refractivity contribution in [3.05, 3.63) is 27.8 Å². The molecule has 6 nitrogen and oxygen atoms in total. The number of anilines is 2. The van der Waals surface area contributed by atoms with Gasteiger partial charge in [0.1, 0.15) is 5.69 Å². The van der Waals surface area contributed by atoms with E-state index in [-0.39, 0.29) is 17.1 Å². The highest BCUT2D eigenvalue weighted by Gasteiger charge is 2.19. The molecular formula is C9H13N3O3. The first-order valence-electron chi connectivity index (χ1n) is 4.48. The number of hydrogen-bond donors (Lipinski definition) is 3. The van der Waals surface area contributed by atoms with Crippen LogP contribution >= 0.6 is 0 Å². The predicted octanol–water partition coefficient (Wildman–Crippen LogP) is 1.20. The molecule has 0 bridgehead atoms. The third-order valence-corrected chi connectivity index (χ3v) is 2.15. The van der Waals surface area contributed by atoms with E-state index in [0.717, 1.165) is 0 Å². The molecule has 0 heterocycles. The van der Waals surface area contributed by atoms with Crippen molar-refractivity contribution in [2.24, 2.45) is 0 Å². The quantitative estimate of drug-likeness (QED) is 0.394. The highest BCUT2D eigenvalue weighted by atomic mass is 16.6. The number of nitrogen functional groups attached to an aromatic ring is 2. The zero-order valence-electron chi connectivity index (χ0n) is 8.30. The van der Waals surface area contributed by atoms with E-state index in [1.165, 1.54) is 12.1 Å². The SMILES string of the molecule is CCC(O)c1cc(N)cc([N+](=O)[O-])c1N. The molecule has 0 radical (unpaired) electrons. The molecule has 0 saturated carbocycles. The first-order valence-corrected chi connectivity index (χ1v) is 4.48. The van der Waals surface area contributed by atoms with Gasteiger partial charge in [-0.2, -0.15) is 0 Å². The summed E-state index contributed by atoms with van der Waals surface area (Å²) in [7, 11) is 0. The molecule has 0 aromatic heterocycles. The summed E-state index contributed by atoms with van der Waals surface area (Å²) < 4.78 is 0. The van der Waals surface area contributed by atoms with Crippen molar-refractivity contribution in [3.8, 4) is 0 Å². The van der Waals surface area contributed by atoms with Crippen molar-refractivity contribution in [1.82, 2.24) is 0 Å². The van der Waals surface area contributed by atoms with Crippen LogP contribution in [0, 0.1) is 10.1 Å². The summed E-state index contributed by atoms with van der Waals surface area (Å²) in [5.74, 6) is 0. The van der Waals surface area contributed by atoms with Crippen LogP contribution in [0.1, 0.15) is 25.0 Å². The summed E-state index contributed by atoms with van der Waals surface area (Å²) in [6.45, 7) is 1.75. The van der Waals surface area contributed by atoms with Gasteiger partial charge in [0.15, 0.2) is 0 Å². The fourth-order valence-electron chi connectivity index (χ4n) is 1.33. The molecule has 0 spiro atoms. The van der Waals surface area contributed by atoms with Gasteiger partial charge in [-0.1, -0.05) is 6.92 Å². The summed E-state index contributed by atoms with van der Waals surface area (Å²) in [5.41, 5.74) is 11.3. The minimum Gasteiger partial charge on any atom is -0.399 e. The Morgan fingerprint density at radius 3 is 2.60 bits per heavy atom. The molecule has 1 rings (SSSR count). The van der Waals surface area contributed by atoms with Crippen LogP contribution in [0.15, 0.2) is 12.1 Å². The van der Waals surface area contributed by atoms with E-state index in [2.05, 4.69) is 0 Å². The normalized spacial score (nSPS) is 12.4. The van der Waals surface area contributed by atoms with Crippen LogP contribution in [0.5, 0.6) is 0 Å². The highest BCUT2D eigenvalue weighted by Crippen LogP contribution is 2.33. The van der Waals surface area contributed by atoms with Crippen molar-refractivity contribution in [3.63, 3.8) is 0 Å². The molecule has 5 N–H and O–H groups in total. The predicted molar refractivity (Wildman–Crippen MR) is 57.2 cm³/mol. The Labute approximate surface area is 86.7 Å². The van der Waals surface area contributed by atoms with Gasteiger partial charge < -0.3 is 16.6 Å². The molecule has 0 fully saturated rings. The number of hydrogen-bond acceptors (Lipinski definition) is 5. The number of nitrogens with two attached hydrogens (primary N) is 2. The Balaban J connectivity index is 3.34. The van der Waals surface area contributed by atoms with Gasteiger partial charge in [0.2, 0.25) is 0 Å². The van der Waals surface area contributed by atoms with Crippen LogP contribution in [0.2, 0.25) is 0 Å². The molecular weight excluding hydrogens is 198 g/mol. The van der Waals surface area contributed by atoms with Gasteiger partial charge in [0, 0.05) is 17.3 Å². The smallest absolute Gasteiger partial charge is 0.294 e. The molecule has 0 aliphatic heterocycles. The van der Waals surface area contributed by atoms with E-state index < -0.39 is 11.0 Å². The van der Waals surface area contributed by atoms with Gasteiger partial charge in [0.25, 0.3) is 5.69 Å². The molecule has 0 aliphatic carbocycles. The van der Waals surface area contributed by atoms with Gasteiger partial charge in [-0.05, 0) is 12.5 Å². The number of nitrogens with zero attached hydrogens (tertiary/aromatic N) is 1. The molecule has 6 heteroatoms. The van der Waals surface area contributed by atoms with Gasteiger partial charge >= 0.3 is 0 Å². The number of nitro groups is 1. The van der Waals surface area contributed by atoms with Crippen LogP contribution in [0.3, 0.4) is 0 Å². The lowest BCUT2D eigenvalue weighted by Crippen LogP contribution is -2.06. The lowest BCUT2D eigenvalue weighted by Gasteiger charge is -2.12. The zero-order valence-corrected chi connectivity index (χ0v) is 8.30. The second-order valence-corrected chi connectivity index (χ2v) is 3.22. The maximum atomic E-state index is 10.6. The standard InChI is InChI=1S/C9H13N3O3/c1-2-8(13)6-3-5(10)4-7(9(6)11)12(14)15/h3-4,8,13H,2,10-11H2,1H3. The Morgan fingerprint density at radius 1 is 1.53 bits per heavy atom. The summed E-state index contributed by atoms with van der Waals surface area (Å²) in [6.07, 6.45) is -0.405. The minimum absolute atomic E-state index is 0.0245. The van der Waals surface area contributed by atoms with E-state index in [1.54, 1.807) is 6.92 Å². The highest BCUT2D eigenvalue weighted by molar-refractivity contribution is 5.69. The topological polar surface area (TPSA) is 115 Å². The molecule has 0 amide bonds. The van der Waals surface area contributed by atoms with Crippen molar-refractivity contribution >= 4 is 17.1 Å². The molecule has 82 valence electrons. The van der Waals surface area contributed by atoms with Gasteiger partial charge in [-0.15, -0.1) is 0 Å². The van der Waals surface area contributed by atoms with Crippen molar-refractivity contribution in [2.75, 3.05) is 11.5 Å². The van der Waals surface area contributed by atoms with E-state index in [0.29, 0.717) is 12.0 Å². The van der Waals surface area contributed by atoms with Crippen molar-refractivity contribution in [1.29, 1.82) is 0 Å². The van der Waals surface area contributed by atoms with Crippen LogP contribution in [0.4, 0.5) is 17.1 Å². The number of benzene rings is 1. The van der Waals surface area contributed by atoms with Crippen LogP contribution in [0.25, 0.3) is 0 Å².